The third kappa shape index (κ3) is 4.73. The lowest BCUT2D eigenvalue weighted by atomic mass is 10.2. The number of imidazole rings is 1. The van der Waals surface area contributed by atoms with Gasteiger partial charge in [0.05, 0.1) is 30.2 Å². The second-order valence-electron chi connectivity index (χ2n) is 6.24. The number of methoxy groups -OCH3 is 1. The normalized spacial score (nSPS) is 10.5. The molecule has 0 bridgehead atoms. The van der Waals surface area contributed by atoms with E-state index in [2.05, 4.69) is 26.6 Å². The van der Waals surface area contributed by atoms with Gasteiger partial charge in [0.2, 0.25) is 5.91 Å². The van der Waals surface area contributed by atoms with Gasteiger partial charge in [-0.25, -0.2) is 4.98 Å². The number of hydrogen-bond acceptors (Lipinski definition) is 8. The minimum atomic E-state index is -0.223. The largest absolute Gasteiger partial charge is 0.495 e. The molecule has 0 aliphatic carbocycles. The second kappa shape index (κ2) is 9.15. The molecule has 1 amide bonds. The Morgan fingerprint density at radius 2 is 2.03 bits per heavy atom. The Morgan fingerprint density at radius 3 is 2.81 bits per heavy atom. The van der Waals surface area contributed by atoms with Crippen LogP contribution in [0.5, 0.6) is 5.75 Å². The molecule has 0 saturated heterocycles. The van der Waals surface area contributed by atoms with Crippen LogP contribution in [0, 0.1) is 11.3 Å². The van der Waals surface area contributed by atoms with Gasteiger partial charge in [-0.2, -0.15) is 5.26 Å². The molecule has 0 aliphatic rings. The zero-order chi connectivity index (χ0) is 21.6. The first kappa shape index (κ1) is 20.2. The summed E-state index contributed by atoms with van der Waals surface area (Å²) in [6.45, 7) is 0. The number of carbonyl (C=O) groups excluding carboxylic acids is 1. The van der Waals surface area contributed by atoms with Crippen LogP contribution in [0.3, 0.4) is 0 Å². The number of rotatable bonds is 7. The number of carbonyl (C=O) groups is 1. The van der Waals surface area contributed by atoms with Crippen LogP contribution in [-0.2, 0) is 4.79 Å². The highest BCUT2D eigenvalue weighted by molar-refractivity contribution is 7.99. The highest BCUT2D eigenvalue weighted by Gasteiger charge is 2.14. The molecule has 10 heteroatoms. The lowest BCUT2D eigenvalue weighted by Crippen LogP contribution is -2.14. The van der Waals surface area contributed by atoms with Crippen molar-refractivity contribution in [1.29, 1.82) is 5.26 Å². The Hall–Kier alpha value is -4.10. The molecule has 1 N–H and O–H groups in total. The fourth-order valence-corrected chi connectivity index (χ4v) is 3.28. The molecule has 9 nitrogen and oxygen atoms in total. The Balaban J connectivity index is 1.38. The maximum atomic E-state index is 12.2. The van der Waals surface area contributed by atoms with Gasteiger partial charge in [0.15, 0.2) is 0 Å². The van der Waals surface area contributed by atoms with Crippen molar-refractivity contribution in [2.24, 2.45) is 0 Å². The third-order valence-corrected chi connectivity index (χ3v) is 5.03. The predicted octanol–water partition coefficient (Wildman–Crippen LogP) is 3.53. The van der Waals surface area contributed by atoms with Crippen molar-refractivity contribution in [2.45, 2.75) is 5.22 Å². The van der Waals surface area contributed by atoms with Crippen molar-refractivity contribution < 1.29 is 13.9 Å². The van der Waals surface area contributed by atoms with E-state index in [-0.39, 0.29) is 22.8 Å². The average molecular weight is 432 g/mol. The maximum Gasteiger partial charge on any atom is 0.277 e. The molecule has 0 unspecified atom stereocenters. The van der Waals surface area contributed by atoms with Gasteiger partial charge in [0, 0.05) is 11.9 Å². The lowest BCUT2D eigenvalue weighted by Gasteiger charge is -2.08. The van der Waals surface area contributed by atoms with Crippen LogP contribution in [0.4, 0.5) is 5.69 Å². The molecule has 2 aromatic carbocycles. The summed E-state index contributed by atoms with van der Waals surface area (Å²) in [4.78, 5) is 16.5. The number of amides is 1. The Labute approximate surface area is 181 Å². The van der Waals surface area contributed by atoms with E-state index in [0.717, 1.165) is 17.4 Å². The number of ether oxygens (including phenoxy) is 1. The summed E-state index contributed by atoms with van der Waals surface area (Å²) in [5, 5.41) is 19.9. The van der Waals surface area contributed by atoms with Crippen LogP contribution in [0.2, 0.25) is 0 Å². The van der Waals surface area contributed by atoms with Gasteiger partial charge >= 0.3 is 0 Å². The molecule has 0 radical (unpaired) electrons. The van der Waals surface area contributed by atoms with Gasteiger partial charge in [-0.1, -0.05) is 23.9 Å². The molecular formula is C21H16N6O3S. The van der Waals surface area contributed by atoms with Crippen molar-refractivity contribution in [3.63, 3.8) is 0 Å². The van der Waals surface area contributed by atoms with Crippen molar-refractivity contribution in [2.75, 3.05) is 18.2 Å². The van der Waals surface area contributed by atoms with Crippen LogP contribution in [0.25, 0.3) is 17.3 Å². The second-order valence-corrected chi connectivity index (χ2v) is 7.16. The monoisotopic (exact) mass is 432 g/mol. The van der Waals surface area contributed by atoms with Crippen LogP contribution in [0.15, 0.2) is 70.7 Å². The number of nitriles is 1. The zero-order valence-electron chi connectivity index (χ0n) is 16.3. The third-order valence-electron chi connectivity index (χ3n) is 4.21. The maximum absolute atomic E-state index is 12.2. The van der Waals surface area contributed by atoms with E-state index in [4.69, 9.17) is 14.4 Å². The van der Waals surface area contributed by atoms with Crippen LogP contribution in [0.1, 0.15) is 5.56 Å². The molecule has 154 valence electrons. The highest BCUT2D eigenvalue weighted by Crippen LogP contribution is 2.25. The number of aromatic nitrogens is 4. The first-order chi connectivity index (χ1) is 15.2. The van der Waals surface area contributed by atoms with Gasteiger partial charge < -0.3 is 19.0 Å². The molecule has 2 heterocycles. The van der Waals surface area contributed by atoms with E-state index in [1.54, 1.807) is 48.5 Å². The predicted molar refractivity (Wildman–Crippen MR) is 114 cm³/mol. The SMILES string of the molecule is COc1ccccc1NC(=O)CSc1nnc(-c2cn(-c3ccc(C#N)cc3)cn2)o1. The van der Waals surface area contributed by atoms with E-state index in [1.165, 1.54) is 0 Å². The standard InChI is InChI=1S/C21H16N6O3S/c1-29-18-5-3-2-4-16(18)24-19(28)12-31-21-26-25-20(30-21)17-11-27(13-23-17)15-8-6-14(10-22)7-9-15/h2-9,11,13H,12H2,1H3,(H,24,28). The molecule has 0 spiro atoms. The van der Waals surface area contributed by atoms with E-state index < -0.39 is 0 Å². The summed E-state index contributed by atoms with van der Waals surface area (Å²) in [7, 11) is 1.54. The summed E-state index contributed by atoms with van der Waals surface area (Å²) in [6.07, 6.45) is 3.37. The molecular weight excluding hydrogens is 416 g/mol. The van der Waals surface area contributed by atoms with Gasteiger partial charge in [0.1, 0.15) is 17.8 Å². The van der Waals surface area contributed by atoms with Gasteiger partial charge in [-0.3, -0.25) is 4.79 Å². The van der Waals surface area contributed by atoms with E-state index in [9.17, 15) is 4.79 Å². The molecule has 0 fully saturated rings. The molecule has 4 aromatic rings. The van der Waals surface area contributed by atoms with Crippen molar-refractivity contribution in [3.05, 3.63) is 66.6 Å². The van der Waals surface area contributed by atoms with Crippen molar-refractivity contribution in [3.8, 4) is 29.1 Å². The first-order valence-corrected chi connectivity index (χ1v) is 10.1. The highest BCUT2D eigenvalue weighted by atomic mass is 32.2. The van der Waals surface area contributed by atoms with Gasteiger partial charge in [-0.15, -0.1) is 10.2 Å². The molecule has 4 rings (SSSR count). The number of benzene rings is 2. The molecule has 0 atom stereocenters. The summed E-state index contributed by atoms with van der Waals surface area (Å²) >= 11 is 1.13. The first-order valence-electron chi connectivity index (χ1n) is 9.10. The van der Waals surface area contributed by atoms with E-state index >= 15 is 0 Å². The quantitative estimate of drug-likeness (QED) is 0.441. The average Bonchev–Trinajstić information content (AvgIpc) is 3.48. The smallest absolute Gasteiger partial charge is 0.277 e. The fourth-order valence-electron chi connectivity index (χ4n) is 2.72. The topological polar surface area (TPSA) is 119 Å². The van der Waals surface area contributed by atoms with Crippen LogP contribution >= 0.6 is 11.8 Å². The number of thioether (sulfide) groups is 1. The molecule has 0 aliphatic heterocycles. The van der Waals surface area contributed by atoms with Crippen molar-refractivity contribution >= 4 is 23.4 Å². The number of nitrogens with zero attached hydrogens (tertiary/aromatic N) is 5. The summed E-state index contributed by atoms with van der Waals surface area (Å²) in [5.74, 6) is 0.706. The Morgan fingerprint density at radius 1 is 1.23 bits per heavy atom. The number of para-hydroxylation sites is 2. The minimum Gasteiger partial charge on any atom is -0.495 e. The zero-order valence-corrected chi connectivity index (χ0v) is 17.2. The van der Waals surface area contributed by atoms with Crippen LogP contribution < -0.4 is 10.1 Å². The van der Waals surface area contributed by atoms with E-state index in [0.29, 0.717) is 22.7 Å². The van der Waals surface area contributed by atoms with Gasteiger partial charge in [-0.05, 0) is 36.4 Å². The molecule has 0 saturated carbocycles. The Kier molecular flexibility index (Phi) is 5.96. The Bertz CT molecular complexity index is 1240. The molecule has 31 heavy (non-hydrogen) atoms. The number of anilines is 1. The van der Waals surface area contributed by atoms with E-state index in [1.807, 2.05) is 24.3 Å². The summed E-state index contributed by atoms with van der Waals surface area (Å²) in [5.41, 5.74) is 2.52. The number of nitrogens with one attached hydrogen (secondary N) is 1. The summed E-state index contributed by atoms with van der Waals surface area (Å²) in [6, 6.07) is 16.3. The van der Waals surface area contributed by atoms with Gasteiger partial charge in [0.25, 0.3) is 11.1 Å². The fraction of sp³-hybridized carbons (Fsp3) is 0.0952. The molecule has 2 aromatic heterocycles. The number of hydrogen-bond donors (Lipinski definition) is 1. The lowest BCUT2D eigenvalue weighted by molar-refractivity contribution is -0.113. The summed E-state index contributed by atoms with van der Waals surface area (Å²) < 4.78 is 12.6. The minimum absolute atomic E-state index is 0.0966. The van der Waals surface area contributed by atoms with Crippen molar-refractivity contribution in [1.82, 2.24) is 19.7 Å². The van der Waals surface area contributed by atoms with Crippen LogP contribution in [-0.4, -0.2) is 38.5 Å².